The summed E-state index contributed by atoms with van der Waals surface area (Å²) >= 11 is 1.82. The maximum Gasteiger partial charge on any atom is 0.0717 e. The third-order valence-corrected chi connectivity index (χ3v) is 11.1. The van der Waals surface area contributed by atoms with Crippen molar-refractivity contribution in [2.45, 2.75) is 57.5 Å². The maximum absolute atomic E-state index is 10.5. The number of thioether (sulfide) groups is 1. The van der Waals surface area contributed by atoms with Gasteiger partial charge >= 0.3 is 0 Å². The first-order valence-electron chi connectivity index (χ1n) is 15.2. The normalized spacial score (nSPS) is 35.4. The zero-order chi connectivity index (χ0) is 27.7. The zero-order valence-electron chi connectivity index (χ0n) is 23.9. The Labute approximate surface area is 245 Å². The molecular formula is C36H44N2OS. The lowest BCUT2D eigenvalue weighted by Gasteiger charge is -2.35. The quantitative estimate of drug-likeness (QED) is 0.318. The Morgan fingerprint density at radius 2 is 2.15 bits per heavy atom. The van der Waals surface area contributed by atoms with Gasteiger partial charge in [-0.2, -0.15) is 0 Å². The summed E-state index contributed by atoms with van der Waals surface area (Å²) in [4.78, 5) is 9.80. The van der Waals surface area contributed by atoms with Crippen LogP contribution in [0.5, 0.6) is 0 Å². The van der Waals surface area contributed by atoms with E-state index in [9.17, 15) is 5.11 Å². The number of allylic oxidation sites excluding steroid dienone is 11. The molecule has 7 atom stereocenters. The van der Waals surface area contributed by atoms with Gasteiger partial charge in [-0.3, -0.25) is 9.89 Å². The predicted octanol–water partition coefficient (Wildman–Crippen LogP) is 7.75. The first-order chi connectivity index (χ1) is 19.5. The minimum Gasteiger partial charge on any atom is -0.395 e. The van der Waals surface area contributed by atoms with Crippen LogP contribution in [-0.2, 0) is 0 Å². The van der Waals surface area contributed by atoms with Crippen LogP contribution in [0.2, 0.25) is 0 Å². The number of fused-ring (bicyclic) bond motifs is 1. The molecule has 0 bridgehead atoms. The van der Waals surface area contributed by atoms with Crippen molar-refractivity contribution in [1.82, 2.24) is 4.90 Å². The molecule has 0 aromatic carbocycles. The highest BCUT2D eigenvalue weighted by molar-refractivity contribution is 8.07. The lowest BCUT2D eigenvalue weighted by atomic mass is 9.82. The van der Waals surface area contributed by atoms with Gasteiger partial charge in [0.25, 0.3) is 0 Å². The van der Waals surface area contributed by atoms with E-state index >= 15 is 0 Å². The lowest BCUT2D eigenvalue weighted by Crippen LogP contribution is -2.43. The summed E-state index contributed by atoms with van der Waals surface area (Å²) in [6.45, 7) is 13.1. The van der Waals surface area contributed by atoms with Gasteiger partial charge in [-0.1, -0.05) is 91.3 Å². The topological polar surface area (TPSA) is 35.8 Å². The summed E-state index contributed by atoms with van der Waals surface area (Å²) in [7, 11) is 0. The molecule has 1 saturated carbocycles. The number of aliphatic hydroxyl groups is 1. The second-order valence-electron chi connectivity index (χ2n) is 12.6. The Balaban J connectivity index is 1.02. The number of dihydropyridines is 1. The molecule has 1 saturated heterocycles. The smallest absolute Gasteiger partial charge is 0.0717 e. The highest BCUT2D eigenvalue weighted by atomic mass is 32.2. The molecule has 0 aromatic heterocycles. The van der Waals surface area contributed by atoms with Crippen LogP contribution in [-0.4, -0.2) is 48.0 Å². The van der Waals surface area contributed by atoms with Crippen molar-refractivity contribution in [2.24, 2.45) is 34.1 Å². The van der Waals surface area contributed by atoms with E-state index in [0.717, 1.165) is 30.3 Å². The highest BCUT2D eigenvalue weighted by Gasteiger charge is 2.64. The van der Waals surface area contributed by atoms with E-state index in [4.69, 9.17) is 4.99 Å². The van der Waals surface area contributed by atoms with Crippen LogP contribution in [0.4, 0.5) is 0 Å². The van der Waals surface area contributed by atoms with E-state index in [0.29, 0.717) is 23.8 Å². The third-order valence-electron chi connectivity index (χ3n) is 9.95. The lowest BCUT2D eigenvalue weighted by molar-refractivity contribution is 0.0959. The molecule has 4 heteroatoms. The van der Waals surface area contributed by atoms with Gasteiger partial charge in [-0.05, 0) is 98.4 Å². The zero-order valence-corrected chi connectivity index (χ0v) is 24.7. The molecule has 210 valence electrons. The number of likely N-dealkylation sites (tertiary alicyclic amines) is 1. The largest absolute Gasteiger partial charge is 0.395 e. The van der Waals surface area contributed by atoms with Gasteiger partial charge in [-0.15, -0.1) is 0 Å². The number of aliphatic imine (C=N–C) groups is 1. The van der Waals surface area contributed by atoms with E-state index in [-0.39, 0.29) is 18.1 Å². The molecule has 0 aromatic rings. The molecule has 0 amide bonds. The first kappa shape index (κ1) is 27.8. The second-order valence-corrected chi connectivity index (χ2v) is 13.8. The van der Waals surface area contributed by atoms with Crippen LogP contribution >= 0.6 is 11.8 Å². The van der Waals surface area contributed by atoms with Crippen LogP contribution < -0.4 is 0 Å². The molecule has 2 heterocycles. The van der Waals surface area contributed by atoms with E-state index in [2.05, 4.69) is 85.7 Å². The minimum atomic E-state index is 0.103. The molecule has 1 spiro atoms. The Morgan fingerprint density at radius 1 is 1.27 bits per heavy atom. The molecule has 6 aliphatic rings. The summed E-state index contributed by atoms with van der Waals surface area (Å²) < 4.78 is 0. The van der Waals surface area contributed by atoms with Crippen molar-refractivity contribution >= 4 is 18.0 Å². The summed E-state index contributed by atoms with van der Waals surface area (Å²) in [5.41, 5.74) is 4.09. The minimum absolute atomic E-state index is 0.103. The van der Waals surface area contributed by atoms with E-state index in [1.54, 1.807) is 0 Å². The average Bonchev–Trinajstić information content (AvgIpc) is 3.70. The average molecular weight is 553 g/mol. The molecule has 3 nitrogen and oxygen atoms in total. The van der Waals surface area contributed by atoms with Crippen molar-refractivity contribution in [3.8, 4) is 0 Å². The van der Waals surface area contributed by atoms with Gasteiger partial charge in [0.05, 0.1) is 12.6 Å². The van der Waals surface area contributed by atoms with Crippen molar-refractivity contribution in [3.05, 3.63) is 107 Å². The molecule has 2 fully saturated rings. The second kappa shape index (κ2) is 11.8. The van der Waals surface area contributed by atoms with Gasteiger partial charge in [-0.25, -0.2) is 0 Å². The molecule has 4 aliphatic carbocycles. The summed E-state index contributed by atoms with van der Waals surface area (Å²) in [5.74, 6) is 2.20. The fourth-order valence-electron chi connectivity index (χ4n) is 7.80. The Morgan fingerprint density at radius 3 is 2.95 bits per heavy atom. The van der Waals surface area contributed by atoms with Crippen molar-refractivity contribution in [2.75, 3.05) is 19.7 Å². The van der Waals surface area contributed by atoms with Crippen LogP contribution in [0, 0.1) is 29.1 Å². The van der Waals surface area contributed by atoms with Crippen molar-refractivity contribution in [3.63, 3.8) is 0 Å². The number of aliphatic hydroxyl groups excluding tert-OH is 1. The third kappa shape index (κ3) is 5.55. The monoisotopic (exact) mass is 552 g/mol. The van der Waals surface area contributed by atoms with Crippen molar-refractivity contribution in [1.29, 1.82) is 0 Å². The maximum atomic E-state index is 10.5. The number of nitrogens with zero attached hydrogens (tertiary/aromatic N) is 2. The van der Waals surface area contributed by atoms with Gasteiger partial charge in [0.15, 0.2) is 0 Å². The summed E-state index contributed by atoms with van der Waals surface area (Å²) in [6.07, 6.45) is 33.9. The van der Waals surface area contributed by atoms with E-state index in [1.165, 1.54) is 53.7 Å². The van der Waals surface area contributed by atoms with E-state index in [1.807, 2.05) is 24.1 Å². The molecule has 1 N–H and O–H groups in total. The SMILES string of the molecule is C=CC1=CC(CC2CCCN(C(CO)C3C=CC(C(=C)SC4=CC=CC56C=CC=NC5C46)=CC3)CC2)CC(C)=C1. The Kier molecular flexibility index (Phi) is 8.21. The summed E-state index contributed by atoms with van der Waals surface area (Å²) in [6, 6.07) is 0.539. The Bertz CT molecular complexity index is 1280. The first-order valence-corrected chi connectivity index (χ1v) is 16.0. The van der Waals surface area contributed by atoms with Gasteiger partial charge in [0, 0.05) is 28.5 Å². The van der Waals surface area contributed by atoms with Gasteiger partial charge in [0.1, 0.15) is 0 Å². The molecule has 2 aliphatic heterocycles. The summed E-state index contributed by atoms with van der Waals surface area (Å²) in [5, 5.41) is 10.5. The number of hydrogen-bond donors (Lipinski definition) is 1. The van der Waals surface area contributed by atoms with Crippen LogP contribution in [0.25, 0.3) is 0 Å². The molecular weight excluding hydrogens is 508 g/mol. The van der Waals surface area contributed by atoms with E-state index < -0.39 is 0 Å². The molecule has 0 radical (unpaired) electrons. The number of rotatable bonds is 9. The van der Waals surface area contributed by atoms with Crippen LogP contribution in [0.1, 0.15) is 45.4 Å². The van der Waals surface area contributed by atoms with Crippen LogP contribution in [0.15, 0.2) is 112 Å². The fraction of sp³-hybridized carbons (Fsp3) is 0.472. The molecule has 6 rings (SSSR count). The Hall–Kier alpha value is -2.40. The molecule has 40 heavy (non-hydrogen) atoms. The standard InChI is InChI=1S/C36H44N2OS/c1-4-27-20-25(2)21-29(22-27)23-28-8-6-18-38(19-14-28)32(24-39)31-12-10-30(11-13-31)26(3)40-33-9-5-15-36-16-7-17-37-35(36)34(33)36/h4-5,7,9-12,15-17,20,22,28-29,31-32,34-35,39H,1,3,6,8,13-14,18-19,21,23-24H2,2H3. The fourth-order valence-corrected chi connectivity index (χ4v) is 8.96. The van der Waals surface area contributed by atoms with Gasteiger partial charge < -0.3 is 5.11 Å². The number of hydrogen-bond acceptors (Lipinski definition) is 4. The highest BCUT2D eigenvalue weighted by Crippen LogP contribution is 2.65. The van der Waals surface area contributed by atoms with Gasteiger partial charge in [0.2, 0.25) is 0 Å². The molecule has 7 unspecified atom stereocenters. The van der Waals surface area contributed by atoms with Crippen molar-refractivity contribution < 1.29 is 5.11 Å². The predicted molar refractivity (Wildman–Crippen MR) is 171 cm³/mol. The van der Waals surface area contributed by atoms with Crippen LogP contribution in [0.3, 0.4) is 0 Å².